The van der Waals surface area contributed by atoms with Crippen LogP contribution in [-0.2, 0) is 40.5 Å². The van der Waals surface area contributed by atoms with Crippen LogP contribution in [0.3, 0.4) is 0 Å². The van der Waals surface area contributed by atoms with Gasteiger partial charge in [-0.05, 0) is 153 Å². The lowest BCUT2D eigenvalue weighted by molar-refractivity contribution is 0.317. The van der Waals surface area contributed by atoms with Crippen LogP contribution in [-0.4, -0.2) is 95.9 Å². The first-order valence-corrected chi connectivity index (χ1v) is 30.3. The summed E-state index contributed by atoms with van der Waals surface area (Å²) in [5.41, 5.74) is 3.60. The molecule has 30 heteroatoms. The van der Waals surface area contributed by atoms with Gasteiger partial charge in [0.1, 0.15) is 55.5 Å². The summed E-state index contributed by atoms with van der Waals surface area (Å²) < 4.78 is 157. The molecule has 0 spiro atoms. The molecule has 0 unspecified atom stereocenters. The van der Waals surface area contributed by atoms with Crippen LogP contribution >= 0.6 is 0 Å². The normalized spacial score (nSPS) is 12.6. The first-order valence-electron chi connectivity index (χ1n) is 24.2. The number of nitrogens with zero attached hydrogens (tertiary/aromatic N) is 8. The van der Waals surface area contributed by atoms with Gasteiger partial charge in [-0.1, -0.05) is 0 Å². The highest BCUT2D eigenvalue weighted by Crippen LogP contribution is 2.44. The van der Waals surface area contributed by atoms with Crippen LogP contribution < -0.4 is 24.3 Å². The van der Waals surface area contributed by atoms with E-state index in [0.717, 1.165) is 6.07 Å². The molecule has 0 bridgehead atoms. The smallest absolute Gasteiger partial charge is 0.296 e. The van der Waals surface area contributed by atoms with Gasteiger partial charge < -0.3 is 29.4 Å². The van der Waals surface area contributed by atoms with Crippen molar-refractivity contribution >= 4 is 108 Å². The van der Waals surface area contributed by atoms with E-state index in [1.54, 1.807) is 95.5 Å². The molecule has 0 aliphatic carbocycles. The molecule has 7 rings (SSSR count). The SMILES string of the molecule is COc1ccc(Nc2ccc3c(O)c(N=Nc4cc(C)c(N=Nc5cc(C)c(N=Nc6cc(C)c(N=Nc7ccc(OC)cc7S(=O)(=O)O)cc6OCCCS(=O)(=O)O)cc5OCCCS(=O)(=O)O)cc4C)c(S(=O)(=O)O)cc3c2)cc1. The molecule has 0 aliphatic heterocycles. The molecule has 7 aromatic carbocycles. The van der Waals surface area contributed by atoms with Gasteiger partial charge in [-0.3, -0.25) is 18.2 Å². The highest BCUT2D eigenvalue weighted by Gasteiger charge is 2.23. The van der Waals surface area contributed by atoms with Gasteiger partial charge in [0.05, 0.1) is 61.7 Å². The Bertz CT molecular complexity index is 4180. The number of fused-ring (bicyclic) bond motifs is 1. The lowest BCUT2D eigenvalue weighted by Gasteiger charge is -2.12. The molecule has 0 atom stereocenters. The molecule has 432 valence electrons. The molecule has 0 saturated heterocycles. The maximum atomic E-state index is 12.7. The van der Waals surface area contributed by atoms with Crippen molar-refractivity contribution in [3.8, 4) is 28.7 Å². The van der Waals surface area contributed by atoms with E-state index in [9.17, 15) is 57.0 Å². The first kappa shape index (κ1) is 61.3. The highest BCUT2D eigenvalue weighted by molar-refractivity contribution is 7.86. The third-order valence-corrected chi connectivity index (χ3v) is 15.2. The fourth-order valence-electron chi connectivity index (χ4n) is 7.68. The van der Waals surface area contributed by atoms with E-state index in [1.165, 1.54) is 43.5 Å². The maximum absolute atomic E-state index is 12.7. The van der Waals surface area contributed by atoms with Gasteiger partial charge in [0.25, 0.3) is 40.5 Å². The van der Waals surface area contributed by atoms with Gasteiger partial charge in [-0.25, -0.2) is 0 Å². The average Bonchev–Trinajstić information content (AvgIpc) is 3.19. The molecule has 6 N–H and O–H groups in total. The van der Waals surface area contributed by atoms with E-state index in [1.807, 2.05) is 0 Å². The fourth-order valence-corrected chi connectivity index (χ4v) is 9.94. The molecule has 0 aromatic heterocycles. The molecular weight excluding hydrogens is 1150 g/mol. The Morgan fingerprint density at radius 2 is 0.854 bits per heavy atom. The summed E-state index contributed by atoms with van der Waals surface area (Å²) in [5.74, 6) is -0.948. The van der Waals surface area contributed by atoms with Crippen LogP contribution in [0.15, 0.2) is 154 Å². The first-order chi connectivity index (χ1) is 38.6. The second-order valence-electron chi connectivity index (χ2n) is 18.1. The number of phenols is 1. The molecule has 82 heavy (non-hydrogen) atoms. The fraction of sp³-hybridized carbons (Fsp3) is 0.231. The zero-order valence-corrected chi connectivity index (χ0v) is 47.7. The number of methoxy groups -OCH3 is 2. The van der Waals surface area contributed by atoms with Crippen molar-refractivity contribution in [3.63, 3.8) is 0 Å². The van der Waals surface area contributed by atoms with Crippen LogP contribution in [0.5, 0.6) is 28.7 Å². The predicted octanol–water partition coefficient (Wildman–Crippen LogP) is 13.0. The molecular formula is C52H53N9O17S4. The minimum Gasteiger partial charge on any atom is -0.505 e. The summed E-state index contributed by atoms with van der Waals surface area (Å²) in [6.07, 6.45) is -0.269. The monoisotopic (exact) mass is 1200 g/mol. The molecule has 0 fully saturated rings. The molecule has 26 nitrogen and oxygen atoms in total. The summed E-state index contributed by atoms with van der Waals surface area (Å²) >= 11 is 0. The summed E-state index contributed by atoms with van der Waals surface area (Å²) in [6, 6.07) is 25.9. The quantitative estimate of drug-likeness (QED) is 0.0186. The van der Waals surface area contributed by atoms with Gasteiger partial charge in [-0.15, -0.1) is 20.5 Å². The van der Waals surface area contributed by atoms with Crippen molar-refractivity contribution in [3.05, 3.63) is 125 Å². The third kappa shape index (κ3) is 16.4. The number of hydrogen-bond acceptors (Lipinski definition) is 22. The highest BCUT2D eigenvalue weighted by atomic mass is 32.2. The Hall–Kier alpha value is -8.36. The third-order valence-electron chi connectivity index (χ3n) is 11.9. The topological polar surface area (TPSA) is 386 Å². The number of rotatable bonds is 24. The Kier molecular flexibility index (Phi) is 19.1. The summed E-state index contributed by atoms with van der Waals surface area (Å²) in [5, 5.41) is 49.3. The number of aromatic hydroxyl groups is 1. The summed E-state index contributed by atoms with van der Waals surface area (Å²) in [4.78, 5) is -1.27. The van der Waals surface area contributed by atoms with Crippen LogP contribution in [0.25, 0.3) is 10.8 Å². The van der Waals surface area contributed by atoms with Crippen molar-refractivity contribution in [2.45, 2.75) is 50.3 Å². The standard InChI is InChI=1S/C52H53N9O17S4/c1-30-22-42(58-61-51-50(82(72,73)74)26-34-25-36(11-15-39(34)52(51)62)53-35-9-12-37(75-5)13-10-35)31(2)21-41(30)55-59-45-24-33(4)44(29-48(45)78-18-8-20-80(66,67)68)57-60-46-23-32(3)43(28-47(46)77-17-7-19-79(63,64)65)56-54-40-16-14-38(76-6)27-49(40)81(69,70)71/h9-16,21-29,53,62H,7-8,17-20H2,1-6H3,(H,63,64,65)(H,66,67,68)(H,69,70,71)(H,72,73,74). The van der Waals surface area contributed by atoms with Gasteiger partial charge in [0, 0.05) is 35.0 Å². The van der Waals surface area contributed by atoms with Gasteiger partial charge in [0.2, 0.25) is 0 Å². The van der Waals surface area contributed by atoms with Crippen LogP contribution in [0.2, 0.25) is 0 Å². The average molecular weight is 1200 g/mol. The van der Waals surface area contributed by atoms with E-state index in [4.69, 9.17) is 18.9 Å². The van der Waals surface area contributed by atoms with E-state index in [2.05, 4.69) is 46.2 Å². The van der Waals surface area contributed by atoms with Crippen molar-refractivity contribution in [1.82, 2.24) is 0 Å². The van der Waals surface area contributed by atoms with Gasteiger partial charge in [-0.2, -0.15) is 54.1 Å². The van der Waals surface area contributed by atoms with E-state index in [0.29, 0.717) is 45.1 Å². The molecule has 0 aliphatic rings. The number of ether oxygens (including phenoxy) is 4. The number of nitrogens with one attached hydrogen (secondary N) is 1. The Balaban J connectivity index is 1.18. The summed E-state index contributed by atoms with van der Waals surface area (Å²) in [7, 11) is -15.5. The number of hydrogen-bond donors (Lipinski definition) is 6. The zero-order chi connectivity index (χ0) is 59.7. The van der Waals surface area contributed by atoms with E-state index < -0.39 is 73.2 Å². The molecule has 0 radical (unpaired) electrons. The number of azo groups is 4. The van der Waals surface area contributed by atoms with Crippen molar-refractivity contribution in [2.75, 3.05) is 44.3 Å². The predicted molar refractivity (Wildman–Crippen MR) is 303 cm³/mol. The number of aryl methyl sites for hydroxylation is 4. The second-order valence-corrected chi connectivity index (χ2v) is 24.0. The minimum absolute atomic E-state index is 0.00912. The maximum Gasteiger partial charge on any atom is 0.296 e. The van der Waals surface area contributed by atoms with Crippen LogP contribution in [0.4, 0.5) is 56.9 Å². The second kappa shape index (κ2) is 25.6. The summed E-state index contributed by atoms with van der Waals surface area (Å²) in [6.45, 7) is 6.20. The number of anilines is 2. The Labute approximate surface area is 471 Å². The number of phenolic OH excluding ortho intramolecular Hbond substituents is 1. The molecule has 0 saturated carbocycles. The lowest BCUT2D eigenvalue weighted by Crippen LogP contribution is -2.08. The van der Waals surface area contributed by atoms with Crippen molar-refractivity contribution < 1.29 is 75.9 Å². The Morgan fingerprint density at radius 1 is 0.439 bits per heavy atom. The minimum atomic E-state index is -4.95. The van der Waals surface area contributed by atoms with E-state index >= 15 is 0 Å². The number of benzene rings is 7. The molecule has 0 heterocycles. The molecule has 7 aromatic rings. The zero-order valence-electron chi connectivity index (χ0n) is 44.4. The van der Waals surface area contributed by atoms with Crippen molar-refractivity contribution in [2.24, 2.45) is 40.9 Å². The Morgan fingerprint density at radius 3 is 1.32 bits per heavy atom. The van der Waals surface area contributed by atoms with Crippen LogP contribution in [0, 0.1) is 27.7 Å². The largest absolute Gasteiger partial charge is 0.505 e. The van der Waals surface area contributed by atoms with Gasteiger partial charge in [0.15, 0.2) is 5.75 Å². The van der Waals surface area contributed by atoms with Crippen LogP contribution in [0.1, 0.15) is 35.1 Å². The molecule has 0 amide bonds. The van der Waals surface area contributed by atoms with Crippen molar-refractivity contribution in [1.29, 1.82) is 0 Å². The van der Waals surface area contributed by atoms with E-state index in [-0.39, 0.29) is 88.2 Å². The lowest BCUT2D eigenvalue weighted by atomic mass is 10.1. The van der Waals surface area contributed by atoms with Gasteiger partial charge >= 0.3 is 0 Å².